The zero-order valence-corrected chi connectivity index (χ0v) is 38.8. The molecule has 0 aliphatic carbocycles. The first-order chi connectivity index (χ1) is 26.0. The van der Waals surface area contributed by atoms with Crippen molar-refractivity contribution in [2.75, 3.05) is 9.80 Å². The fourth-order valence-electron chi connectivity index (χ4n) is 3.55. The number of hydrogen-bond donors (Lipinski definition) is 0. The molecule has 2 aromatic heterocycles. The third kappa shape index (κ3) is 19.7. The van der Waals surface area contributed by atoms with Crippen molar-refractivity contribution in [1.82, 2.24) is 9.97 Å². The number of anilines is 2. The molecular formula is C40H62N6O10S2. The molecule has 2 heterocycles. The van der Waals surface area contributed by atoms with Crippen molar-refractivity contribution in [3.05, 3.63) is 47.8 Å². The molecule has 4 amide bonds. The van der Waals surface area contributed by atoms with E-state index in [0.717, 1.165) is 9.80 Å². The molecule has 0 aromatic carbocycles. The van der Waals surface area contributed by atoms with Gasteiger partial charge in [-0.05, 0) is 149 Å². The second-order valence-corrected chi connectivity index (χ2v) is 22.5. The normalized spacial score (nSPS) is 13.8. The molecule has 0 unspecified atom stereocenters. The van der Waals surface area contributed by atoms with Gasteiger partial charge < -0.3 is 18.9 Å². The minimum atomic E-state index is -1.47. The summed E-state index contributed by atoms with van der Waals surface area (Å²) >= 11 is 0. The molecule has 0 aliphatic rings. The van der Waals surface area contributed by atoms with E-state index in [2.05, 4.69) is 18.8 Å². The Labute approximate surface area is 348 Å². The zero-order chi connectivity index (χ0) is 45.2. The molecule has 16 nitrogen and oxygen atoms in total. The van der Waals surface area contributed by atoms with Crippen molar-refractivity contribution in [2.45, 2.75) is 157 Å². The number of rotatable bonds is 6. The van der Waals surface area contributed by atoms with E-state index in [1.165, 1.54) is 24.6 Å². The average molecular weight is 851 g/mol. The van der Waals surface area contributed by atoms with Crippen LogP contribution in [0.1, 0.15) is 136 Å². The third-order valence-electron chi connectivity index (χ3n) is 5.88. The number of ether oxygens (including phenoxy) is 4. The lowest BCUT2D eigenvalue weighted by molar-refractivity contribution is 0.0406. The van der Waals surface area contributed by atoms with Crippen LogP contribution in [0.2, 0.25) is 0 Å². The van der Waals surface area contributed by atoms with Crippen LogP contribution in [0.5, 0.6) is 0 Å². The number of amides is 4. The summed E-state index contributed by atoms with van der Waals surface area (Å²) in [5.41, 5.74) is -2.62. The van der Waals surface area contributed by atoms with Crippen molar-refractivity contribution in [3.63, 3.8) is 0 Å². The minimum absolute atomic E-state index is 0.0130. The highest BCUT2D eigenvalue weighted by atomic mass is 32.2. The summed E-state index contributed by atoms with van der Waals surface area (Å²) < 4.78 is 52.5. The van der Waals surface area contributed by atoms with Crippen LogP contribution in [0.4, 0.5) is 30.8 Å². The smallest absolute Gasteiger partial charge is 0.425 e. The van der Waals surface area contributed by atoms with Gasteiger partial charge in [-0.25, -0.2) is 37.6 Å². The Bertz CT molecular complexity index is 1680. The average Bonchev–Trinajstić information content (AvgIpc) is 2.99. The Balaban J connectivity index is 0.000000580. The summed E-state index contributed by atoms with van der Waals surface area (Å²) in [4.78, 5) is 60.7. The molecule has 0 spiro atoms. The highest BCUT2D eigenvalue weighted by Crippen LogP contribution is 2.23. The topological polar surface area (TPSA) is 196 Å². The third-order valence-corrected chi connectivity index (χ3v) is 8.57. The summed E-state index contributed by atoms with van der Waals surface area (Å²) in [7, 11) is -2.93. The van der Waals surface area contributed by atoms with E-state index in [9.17, 15) is 27.6 Å². The van der Waals surface area contributed by atoms with E-state index in [0.29, 0.717) is 11.4 Å². The van der Waals surface area contributed by atoms with Crippen LogP contribution in [0.15, 0.2) is 45.2 Å². The maximum absolute atomic E-state index is 12.7. The monoisotopic (exact) mass is 850 g/mol. The van der Waals surface area contributed by atoms with Gasteiger partial charge in [0.25, 0.3) is 0 Å². The molecule has 18 heteroatoms. The maximum atomic E-state index is 12.7. The standard InChI is InChI=1S/2C20H31N3O5S/c2*1-18(2,3)27-16(24)23(17(25)28-19(4,5)6)15-12-10-11-14(22-15)13-21-29(26)20(7,8)9/h2*10-13H,1-9H3/t2*29-/m11/s1. The lowest BCUT2D eigenvalue weighted by Gasteiger charge is -2.28. The van der Waals surface area contributed by atoms with Crippen molar-refractivity contribution in [1.29, 1.82) is 0 Å². The van der Waals surface area contributed by atoms with Crippen LogP contribution < -0.4 is 9.80 Å². The highest BCUT2D eigenvalue weighted by molar-refractivity contribution is 7.85. The molecule has 0 saturated heterocycles. The van der Waals surface area contributed by atoms with Gasteiger partial charge in [-0.3, -0.25) is 0 Å². The fourth-order valence-corrected chi connectivity index (χ4v) is 4.59. The molecule has 58 heavy (non-hydrogen) atoms. The fraction of sp³-hybridized carbons (Fsp3) is 0.600. The van der Waals surface area contributed by atoms with Gasteiger partial charge in [-0.15, -0.1) is 0 Å². The summed E-state index contributed by atoms with van der Waals surface area (Å²) in [6.45, 7) is 31.1. The van der Waals surface area contributed by atoms with Crippen molar-refractivity contribution < 1.29 is 46.5 Å². The van der Waals surface area contributed by atoms with Crippen molar-refractivity contribution in [2.24, 2.45) is 8.80 Å². The highest BCUT2D eigenvalue weighted by Gasteiger charge is 2.35. The Hall–Kier alpha value is -4.58. The van der Waals surface area contributed by atoms with E-state index < -0.39 is 78.2 Å². The van der Waals surface area contributed by atoms with Gasteiger partial charge in [0.05, 0.1) is 33.3 Å². The Morgan fingerprint density at radius 3 is 0.931 bits per heavy atom. The van der Waals surface area contributed by atoms with E-state index in [1.807, 2.05) is 0 Å². The van der Waals surface area contributed by atoms with Gasteiger partial charge in [0, 0.05) is 0 Å². The number of imide groups is 2. The summed E-state index contributed by atoms with van der Waals surface area (Å²) in [5, 5.41) is 0. The first kappa shape index (κ1) is 51.4. The van der Waals surface area contributed by atoms with Gasteiger partial charge >= 0.3 is 24.4 Å². The van der Waals surface area contributed by atoms with Crippen molar-refractivity contribution >= 4 is 70.4 Å². The van der Waals surface area contributed by atoms with E-state index in [4.69, 9.17) is 18.9 Å². The lowest BCUT2D eigenvalue weighted by Crippen LogP contribution is -2.44. The number of carbonyl (C=O) groups is 4. The molecule has 324 valence electrons. The second kappa shape index (κ2) is 19.9. The predicted molar refractivity (Wildman–Crippen MR) is 229 cm³/mol. The van der Waals surface area contributed by atoms with Crippen LogP contribution in [0.25, 0.3) is 0 Å². The largest absolute Gasteiger partial charge is 0.443 e. The molecule has 0 aliphatic heterocycles. The van der Waals surface area contributed by atoms with E-state index in [-0.39, 0.29) is 11.6 Å². The van der Waals surface area contributed by atoms with Crippen LogP contribution in [-0.4, -0.2) is 87.1 Å². The van der Waals surface area contributed by atoms with Crippen LogP contribution in [0, 0.1) is 0 Å². The zero-order valence-electron chi connectivity index (χ0n) is 37.2. The Morgan fingerprint density at radius 1 is 0.483 bits per heavy atom. The number of nitrogens with zero attached hydrogens (tertiary/aromatic N) is 6. The van der Waals surface area contributed by atoms with Crippen LogP contribution in [0.3, 0.4) is 0 Å². The molecule has 2 rings (SSSR count). The van der Waals surface area contributed by atoms with Gasteiger partial charge in [-0.1, -0.05) is 12.1 Å². The summed E-state index contributed by atoms with van der Waals surface area (Å²) in [5.74, 6) is 0.0259. The number of hydrogen-bond acceptors (Lipinski definition) is 12. The molecule has 0 radical (unpaired) electrons. The SMILES string of the molecule is CC(C)(C)OC(=O)N(C(=O)OC(C)(C)C)c1cccc(C=N[S@](=O)C(C)(C)C)n1.CC(C)(C)OC(=O)N(C(=O)OC(C)(C)C)c1cccc(C=N[S@](=O)C(C)(C)C)n1. The summed E-state index contributed by atoms with van der Waals surface area (Å²) in [6, 6.07) is 9.40. The first-order valence-corrected chi connectivity index (χ1v) is 20.6. The minimum Gasteiger partial charge on any atom is -0.443 e. The van der Waals surface area contributed by atoms with Gasteiger partial charge in [0.2, 0.25) is 0 Å². The van der Waals surface area contributed by atoms with Crippen LogP contribution in [-0.2, 0) is 40.9 Å². The molecule has 0 saturated carbocycles. The molecule has 2 aromatic rings. The number of carbonyl (C=O) groups excluding carboxylic acids is 4. The molecular weight excluding hydrogens is 789 g/mol. The molecule has 0 bridgehead atoms. The number of aromatic nitrogens is 2. The Morgan fingerprint density at radius 2 is 0.724 bits per heavy atom. The first-order valence-electron chi connectivity index (χ1n) is 18.4. The number of pyridine rings is 2. The second-order valence-electron chi connectivity index (χ2n) is 18.6. The molecule has 0 N–H and O–H groups in total. The quantitative estimate of drug-likeness (QED) is 0.198. The van der Waals surface area contributed by atoms with Crippen molar-refractivity contribution in [3.8, 4) is 0 Å². The van der Waals surface area contributed by atoms with Gasteiger partial charge in [0.15, 0.2) is 0 Å². The van der Waals surface area contributed by atoms with E-state index in [1.54, 1.807) is 149 Å². The predicted octanol–water partition coefficient (Wildman–Crippen LogP) is 9.28. The van der Waals surface area contributed by atoms with Gasteiger partial charge in [0.1, 0.15) is 56.0 Å². The summed E-state index contributed by atoms with van der Waals surface area (Å²) in [6.07, 6.45) is -0.961. The Kier molecular flexibility index (Phi) is 17.7. The van der Waals surface area contributed by atoms with E-state index >= 15 is 0 Å². The maximum Gasteiger partial charge on any atom is 0.425 e. The van der Waals surface area contributed by atoms with Gasteiger partial charge in [-0.2, -0.15) is 18.6 Å². The lowest BCUT2D eigenvalue weighted by atomic mass is 10.2. The molecule has 2 atom stereocenters. The van der Waals surface area contributed by atoms with Crippen LogP contribution >= 0.6 is 0 Å². The molecule has 0 fully saturated rings.